The molecule has 1 aliphatic heterocycles. The van der Waals surface area contributed by atoms with Crippen LogP contribution in [0.2, 0.25) is 0 Å². The number of nitrogens with zero attached hydrogens (tertiary/aromatic N) is 1. The van der Waals surface area contributed by atoms with Gasteiger partial charge in [0.1, 0.15) is 5.75 Å². The zero-order valence-electron chi connectivity index (χ0n) is 9.52. The lowest BCUT2D eigenvalue weighted by Gasteiger charge is -2.27. The summed E-state index contributed by atoms with van der Waals surface area (Å²) in [5.41, 5.74) is 0.853. The topological polar surface area (TPSA) is 54.4 Å². The highest BCUT2D eigenvalue weighted by atomic mass is 16.5. The van der Waals surface area contributed by atoms with Crippen LogP contribution in [0.4, 0.5) is 0 Å². The first-order chi connectivity index (χ1) is 7.81. The Hall–Kier alpha value is -1.13. The Morgan fingerprint density at radius 3 is 2.88 bits per heavy atom. The first kappa shape index (κ1) is 11.4. The molecule has 1 aromatic rings. The van der Waals surface area contributed by atoms with E-state index in [9.17, 15) is 5.11 Å². The quantitative estimate of drug-likeness (QED) is 0.804. The van der Waals surface area contributed by atoms with Crippen LogP contribution in [0, 0.1) is 5.92 Å². The molecule has 0 bridgehead atoms. The SMILES string of the molecule is COc1cncc(C(O)C2CCNCC2)c1. The van der Waals surface area contributed by atoms with Gasteiger partial charge < -0.3 is 15.2 Å². The minimum Gasteiger partial charge on any atom is -0.495 e. The molecule has 1 aliphatic rings. The average Bonchev–Trinajstić information content (AvgIpc) is 2.39. The highest BCUT2D eigenvalue weighted by molar-refractivity contribution is 5.25. The van der Waals surface area contributed by atoms with Crippen molar-refractivity contribution in [3.8, 4) is 5.75 Å². The van der Waals surface area contributed by atoms with E-state index in [1.54, 1.807) is 19.5 Å². The van der Waals surface area contributed by atoms with Crippen molar-refractivity contribution in [3.05, 3.63) is 24.0 Å². The summed E-state index contributed by atoms with van der Waals surface area (Å²) in [5.74, 6) is 1.03. The fourth-order valence-electron chi connectivity index (χ4n) is 2.14. The van der Waals surface area contributed by atoms with Gasteiger partial charge in [-0.15, -0.1) is 0 Å². The van der Waals surface area contributed by atoms with Crippen molar-refractivity contribution < 1.29 is 9.84 Å². The van der Waals surface area contributed by atoms with Crippen LogP contribution in [0.3, 0.4) is 0 Å². The number of piperidine rings is 1. The van der Waals surface area contributed by atoms with Crippen LogP contribution in [-0.4, -0.2) is 30.3 Å². The molecule has 1 atom stereocenters. The van der Waals surface area contributed by atoms with Crippen LogP contribution in [0.5, 0.6) is 5.75 Å². The largest absolute Gasteiger partial charge is 0.495 e. The fourth-order valence-corrected chi connectivity index (χ4v) is 2.14. The summed E-state index contributed by atoms with van der Waals surface area (Å²) in [6, 6.07) is 1.86. The Labute approximate surface area is 95.7 Å². The Balaban J connectivity index is 2.09. The molecule has 1 fully saturated rings. The van der Waals surface area contributed by atoms with Crippen molar-refractivity contribution >= 4 is 0 Å². The van der Waals surface area contributed by atoms with Gasteiger partial charge in [-0.25, -0.2) is 0 Å². The van der Waals surface area contributed by atoms with Crippen molar-refractivity contribution in [2.75, 3.05) is 20.2 Å². The molecule has 1 saturated heterocycles. The third kappa shape index (κ3) is 2.51. The number of aliphatic hydroxyl groups is 1. The first-order valence-corrected chi connectivity index (χ1v) is 5.69. The summed E-state index contributed by atoms with van der Waals surface area (Å²) in [6.45, 7) is 1.97. The molecule has 4 heteroatoms. The molecule has 1 aromatic heterocycles. The number of aliphatic hydroxyl groups excluding tert-OH is 1. The second kappa shape index (κ2) is 5.27. The van der Waals surface area contributed by atoms with Crippen LogP contribution in [-0.2, 0) is 0 Å². The maximum atomic E-state index is 10.2. The lowest BCUT2D eigenvalue weighted by Crippen LogP contribution is -2.30. The zero-order valence-corrected chi connectivity index (χ0v) is 9.52. The number of pyridine rings is 1. The smallest absolute Gasteiger partial charge is 0.137 e. The predicted octanol–water partition coefficient (Wildman–Crippen LogP) is 1.12. The Kier molecular flexibility index (Phi) is 3.74. The van der Waals surface area contributed by atoms with E-state index in [1.165, 1.54) is 0 Å². The van der Waals surface area contributed by atoms with Gasteiger partial charge in [-0.3, -0.25) is 4.98 Å². The third-order valence-corrected chi connectivity index (χ3v) is 3.14. The summed E-state index contributed by atoms with van der Waals surface area (Å²) in [5, 5.41) is 13.5. The van der Waals surface area contributed by atoms with Crippen LogP contribution < -0.4 is 10.1 Å². The molecular formula is C12H18N2O2. The van der Waals surface area contributed by atoms with E-state index < -0.39 is 6.10 Å². The van der Waals surface area contributed by atoms with Crippen molar-refractivity contribution in [2.24, 2.45) is 5.92 Å². The van der Waals surface area contributed by atoms with E-state index >= 15 is 0 Å². The van der Waals surface area contributed by atoms with Crippen LogP contribution in [0.1, 0.15) is 24.5 Å². The van der Waals surface area contributed by atoms with Gasteiger partial charge in [0.15, 0.2) is 0 Å². The molecule has 1 unspecified atom stereocenters. The van der Waals surface area contributed by atoms with Crippen molar-refractivity contribution in [2.45, 2.75) is 18.9 Å². The highest BCUT2D eigenvalue weighted by Crippen LogP contribution is 2.29. The number of rotatable bonds is 3. The van der Waals surface area contributed by atoms with Crippen LogP contribution in [0.25, 0.3) is 0 Å². The number of ether oxygens (including phenoxy) is 1. The number of methoxy groups -OCH3 is 1. The van der Waals surface area contributed by atoms with E-state index in [1.807, 2.05) is 6.07 Å². The Bertz CT molecular complexity index is 338. The monoisotopic (exact) mass is 222 g/mol. The van der Waals surface area contributed by atoms with Gasteiger partial charge >= 0.3 is 0 Å². The lowest BCUT2D eigenvalue weighted by atomic mass is 9.89. The predicted molar refractivity (Wildman–Crippen MR) is 61.3 cm³/mol. The molecule has 16 heavy (non-hydrogen) atoms. The van der Waals surface area contributed by atoms with Gasteiger partial charge in [0, 0.05) is 11.8 Å². The van der Waals surface area contributed by atoms with E-state index in [0.717, 1.165) is 31.5 Å². The van der Waals surface area contributed by atoms with E-state index in [4.69, 9.17) is 4.74 Å². The van der Waals surface area contributed by atoms with Gasteiger partial charge in [-0.1, -0.05) is 0 Å². The second-order valence-corrected chi connectivity index (χ2v) is 4.19. The van der Waals surface area contributed by atoms with Crippen LogP contribution in [0.15, 0.2) is 18.5 Å². The molecule has 2 N–H and O–H groups in total. The molecule has 0 radical (unpaired) electrons. The molecule has 0 amide bonds. The number of aromatic nitrogens is 1. The maximum Gasteiger partial charge on any atom is 0.137 e. The molecule has 2 heterocycles. The Morgan fingerprint density at radius 2 is 2.19 bits per heavy atom. The van der Waals surface area contributed by atoms with Crippen molar-refractivity contribution in [1.82, 2.24) is 10.3 Å². The molecule has 0 spiro atoms. The van der Waals surface area contributed by atoms with Gasteiger partial charge in [0.05, 0.1) is 19.4 Å². The number of hydrogen-bond acceptors (Lipinski definition) is 4. The minimum absolute atomic E-state index is 0.329. The summed E-state index contributed by atoms with van der Waals surface area (Å²) in [7, 11) is 1.61. The summed E-state index contributed by atoms with van der Waals surface area (Å²) < 4.78 is 5.11. The van der Waals surface area contributed by atoms with Crippen LogP contribution >= 0.6 is 0 Å². The zero-order chi connectivity index (χ0) is 11.4. The van der Waals surface area contributed by atoms with Gasteiger partial charge in [0.2, 0.25) is 0 Å². The third-order valence-electron chi connectivity index (χ3n) is 3.14. The van der Waals surface area contributed by atoms with Gasteiger partial charge in [-0.05, 0) is 37.9 Å². The standard InChI is InChI=1S/C12H18N2O2/c1-16-11-6-10(7-14-8-11)12(15)9-2-4-13-5-3-9/h6-9,12-13,15H,2-5H2,1H3. The van der Waals surface area contributed by atoms with E-state index in [2.05, 4.69) is 10.3 Å². The summed E-state index contributed by atoms with van der Waals surface area (Å²) in [6.07, 6.45) is 4.97. The maximum absolute atomic E-state index is 10.2. The lowest BCUT2D eigenvalue weighted by molar-refractivity contribution is 0.0884. The molecule has 4 nitrogen and oxygen atoms in total. The molecular weight excluding hydrogens is 204 g/mol. The van der Waals surface area contributed by atoms with Crippen molar-refractivity contribution in [1.29, 1.82) is 0 Å². The average molecular weight is 222 g/mol. The fraction of sp³-hybridized carbons (Fsp3) is 0.583. The van der Waals surface area contributed by atoms with Crippen molar-refractivity contribution in [3.63, 3.8) is 0 Å². The molecule has 0 aliphatic carbocycles. The normalized spacial score (nSPS) is 19.4. The molecule has 0 saturated carbocycles. The number of hydrogen-bond donors (Lipinski definition) is 2. The number of nitrogens with one attached hydrogen (secondary N) is 1. The van der Waals surface area contributed by atoms with Gasteiger partial charge in [0.25, 0.3) is 0 Å². The molecule has 2 rings (SSSR count). The Morgan fingerprint density at radius 1 is 1.44 bits per heavy atom. The van der Waals surface area contributed by atoms with E-state index in [0.29, 0.717) is 11.7 Å². The van der Waals surface area contributed by atoms with E-state index in [-0.39, 0.29) is 0 Å². The summed E-state index contributed by atoms with van der Waals surface area (Å²) >= 11 is 0. The molecule has 0 aromatic carbocycles. The minimum atomic E-state index is -0.426. The summed E-state index contributed by atoms with van der Waals surface area (Å²) in [4.78, 5) is 4.07. The first-order valence-electron chi connectivity index (χ1n) is 5.69. The highest BCUT2D eigenvalue weighted by Gasteiger charge is 2.23. The van der Waals surface area contributed by atoms with Gasteiger partial charge in [-0.2, -0.15) is 0 Å². The molecule has 88 valence electrons. The second-order valence-electron chi connectivity index (χ2n) is 4.19.